The molecule has 1 aliphatic rings. The van der Waals surface area contributed by atoms with E-state index in [4.69, 9.17) is 9.47 Å². The second-order valence-corrected chi connectivity index (χ2v) is 6.07. The second kappa shape index (κ2) is 11.4. The number of hydrogen-bond donors (Lipinski definition) is 2. The first-order chi connectivity index (χ1) is 12.7. The second-order valence-electron chi connectivity index (χ2n) is 6.07. The van der Waals surface area contributed by atoms with E-state index in [0.717, 1.165) is 43.8 Å². The zero-order valence-electron chi connectivity index (χ0n) is 15.8. The molecule has 2 rings (SSSR count). The summed E-state index contributed by atoms with van der Waals surface area (Å²) in [6.07, 6.45) is 2.19. The van der Waals surface area contributed by atoms with Gasteiger partial charge in [0.2, 0.25) is 5.91 Å². The van der Waals surface area contributed by atoms with E-state index in [1.807, 2.05) is 36.1 Å². The molecular formula is C19H30N4O3. The number of carbonyl (C=O) groups is 1. The van der Waals surface area contributed by atoms with Crippen molar-refractivity contribution in [3.63, 3.8) is 0 Å². The number of amides is 1. The molecule has 1 saturated heterocycles. The van der Waals surface area contributed by atoms with Crippen LogP contribution in [0.15, 0.2) is 29.3 Å². The van der Waals surface area contributed by atoms with E-state index in [9.17, 15) is 4.79 Å². The molecule has 1 heterocycles. The van der Waals surface area contributed by atoms with Crippen LogP contribution in [0.4, 0.5) is 0 Å². The highest BCUT2D eigenvalue weighted by Gasteiger charge is 2.17. The normalized spacial score (nSPS) is 14.4. The first-order valence-electron chi connectivity index (χ1n) is 9.24. The fraction of sp³-hybridized carbons (Fsp3) is 0.579. The van der Waals surface area contributed by atoms with Gasteiger partial charge in [0.05, 0.1) is 20.3 Å². The Morgan fingerprint density at radius 2 is 2.00 bits per heavy atom. The predicted octanol–water partition coefficient (Wildman–Crippen LogP) is 1.39. The van der Waals surface area contributed by atoms with E-state index in [-0.39, 0.29) is 12.5 Å². The number of guanidine groups is 1. The average Bonchev–Trinajstić information content (AvgIpc) is 3.20. The number of hydrogen-bond acceptors (Lipinski definition) is 4. The van der Waals surface area contributed by atoms with Gasteiger partial charge in [-0.3, -0.25) is 4.79 Å². The lowest BCUT2D eigenvalue weighted by Gasteiger charge is -2.15. The van der Waals surface area contributed by atoms with Gasteiger partial charge in [-0.25, -0.2) is 4.99 Å². The van der Waals surface area contributed by atoms with Crippen LogP contribution in [0.2, 0.25) is 0 Å². The van der Waals surface area contributed by atoms with Gasteiger partial charge in [0.25, 0.3) is 0 Å². The van der Waals surface area contributed by atoms with Gasteiger partial charge < -0.3 is 25.0 Å². The fourth-order valence-electron chi connectivity index (χ4n) is 2.80. The lowest BCUT2D eigenvalue weighted by Crippen LogP contribution is -2.40. The van der Waals surface area contributed by atoms with Crippen molar-refractivity contribution in [3.8, 4) is 5.75 Å². The number of aliphatic imine (C=N–C) groups is 1. The lowest BCUT2D eigenvalue weighted by molar-refractivity contribution is -0.128. The number of ether oxygens (including phenoxy) is 2. The highest BCUT2D eigenvalue weighted by atomic mass is 16.5. The number of methoxy groups -OCH3 is 1. The average molecular weight is 362 g/mol. The Balaban J connectivity index is 1.70. The summed E-state index contributed by atoms with van der Waals surface area (Å²) in [6.45, 7) is 6.26. The van der Waals surface area contributed by atoms with Crippen LogP contribution in [0.1, 0.15) is 25.3 Å². The number of rotatable bonds is 9. The minimum absolute atomic E-state index is 0.0899. The van der Waals surface area contributed by atoms with E-state index < -0.39 is 0 Å². The smallest absolute Gasteiger partial charge is 0.244 e. The summed E-state index contributed by atoms with van der Waals surface area (Å²) in [5.41, 5.74) is 1.02. The molecule has 0 bridgehead atoms. The van der Waals surface area contributed by atoms with E-state index in [0.29, 0.717) is 25.7 Å². The molecule has 0 aliphatic carbocycles. The molecule has 0 atom stereocenters. The van der Waals surface area contributed by atoms with Crippen LogP contribution < -0.4 is 15.4 Å². The maximum atomic E-state index is 12.1. The molecule has 1 amide bonds. The molecule has 1 aromatic rings. The molecule has 1 fully saturated rings. The van der Waals surface area contributed by atoms with Crippen molar-refractivity contribution in [3.05, 3.63) is 29.8 Å². The van der Waals surface area contributed by atoms with E-state index in [1.165, 1.54) is 0 Å². The van der Waals surface area contributed by atoms with Gasteiger partial charge in [-0.05, 0) is 25.8 Å². The van der Waals surface area contributed by atoms with E-state index in [2.05, 4.69) is 15.6 Å². The van der Waals surface area contributed by atoms with Crippen molar-refractivity contribution in [2.24, 2.45) is 4.99 Å². The van der Waals surface area contributed by atoms with Crippen molar-refractivity contribution in [1.29, 1.82) is 0 Å². The Morgan fingerprint density at radius 3 is 2.73 bits per heavy atom. The minimum Gasteiger partial charge on any atom is -0.496 e. The Bertz CT molecular complexity index is 586. The quantitative estimate of drug-likeness (QED) is 0.394. The number of para-hydroxylation sites is 1. The van der Waals surface area contributed by atoms with Crippen LogP contribution in [-0.2, 0) is 16.1 Å². The van der Waals surface area contributed by atoms with Gasteiger partial charge in [-0.2, -0.15) is 0 Å². The van der Waals surface area contributed by atoms with Crippen LogP contribution in [0, 0.1) is 0 Å². The molecule has 2 N–H and O–H groups in total. The van der Waals surface area contributed by atoms with Gasteiger partial charge >= 0.3 is 0 Å². The lowest BCUT2D eigenvalue weighted by atomic mass is 10.2. The maximum absolute atomic E-state index is 12.1. The van der Waals surface area contributed by atoms with Crippen molar-refractivity contribution in [1.82, 2.24) is 15.5 Å². The molecule has 0 spiro atoms. The Morgan fingerprint density at radius 1 is 1.23 bits per heavy atom. The molecular weight excluding hydrogens is 332 g/mol. The highest BCUT2D eigenvalue weighted by molar-refractivity contribution is 5.85. The number of benzene rings is 1. The molecule has 7 heteroatoms. The molecule has 144 valence electrons. The first-order valence-corrected chi connectivity index (χ1v) is 9.24. The molecule has 1 aliphatic heterocycles. The molecule has 1 aromatic carbocycles. The molecule has 0 aromatic heterocycles. The molecule has 0 saturated carbocycles. The summed E-state index contributed by atoms with van der Waals surface area (Å²) in [4.78, 5) is 18.3. The minimum atomic E-state index is 0.0899. The van der Waals surface area contributed by atoms with Crippen molar-refractivity contribution < 1.29 is 14.3 Å². The molecule has 26 heavy (non-hydrogen) atoms. The van der Waals surface area contributed by atoms with Gasteiger partial charge in [-0.15, -0.1) is 0 Å². The fourth-order valence-corrected chi connectivity index (χ4v) is 2.80. The SMILES string of the molecule is CCNC(=NCC(=O)N1CCCC1)NCCOCc1ccccc1OC. The zero-order chi connectivity index (χ0) is 18.6. The van der Waals surface area contributed by atoms with Gasteiger partial charge in [-0.1, -0.05) is 18.2 Å². The van der Waals surface area contributed by atoms with Crippen molar-refractivity contribution >= 4 is 11.9 Å². The zero-order valence-corrected chi connectivity index (χ0v) is 15.8. The molecule has 0 radical (unpaired) electrons. The Hall–Kier alpha value is -2.28. The van der Waals surface area contributed by atoms with E-state index in [1.54, 1.807) is 7.11 Å². The first kappa shape index (κ1) is 20.0. The monoisotopic (exact) mass is 362 g/mol. The summed E-state index contributed by atoms with van der Waals surface area (Å²) in [5.74, 6) is 1.56. The van der Waals surface area contributed by atoms with E-state index >= 15 is 0 Å². The number of carbonyl (C=O) groups excluding carboxylic acids is 1. The Labute approximate surface area is 155 Å². The van der Waals surface area contributed by atoms with Crippen LogP contribution in [0.25, 0.3) is 0 Å². The van der Waals surface area contributed by atoms with Crippen LogP contribution in [0.5, 0.6) is 5.75 Å². The van der Waals surface area contributed by atoms with Crippen LogP contribution >= 0.6 is 0 Å². The largest absolute Gasteiger partial charge is 0.496 e. The molecule has 0 unspecified atom stereocenters. The predicted molar refractivity (Wildman–Crippen MR) is 102 cm³/mol. The number of nitrogens with one attached hydrogen (secondary N) is 2. The summed E-state index contributed by atoms with van der Waals surface area (Å²) in [7, 11) is 1.66. The van der Waals surface area contributed by atoms with Gasteiger partial charge in [0.1, 0.15) is 12.3 Å². The topological polar surface area (TPSA) is 75.2 Å². The third-order valence-corrected chi connectivity index (χ3v) is 4.16. The summed E-state index contributed by atoms with van der Waals surface area (Å²) < 4.78 is 11.0. The summed E-state index contributed by atoms with van der Waals surface area (Å²) in [6, 6.07) is 7.81. The third kappa shape index (κ3) is 6.55. The highest BCUT2D eigenvalue weighted by Crippen LogP contribution is 2.17. The third-order valence-electron chi connectivity index (χ3n) is 4.16. The van der Waals surface area contributed by atoms with Gasteiger partial charge in [0.15, 0.2) is 5.96 Å². The molecule has 7 nitrogen and oxygen atoms in total. The number of likely N-dealkylation sites (tertiary alicyclic amines) is 1. The number of nitrogens with zero attached hydrogens (tertiary/aromatic N) is 2. The van der Waals surface area contributed by atoms with Crippen LogP contribution in [0.3, 0.4) is 0 Å². The van der Waals surface area contributed by atoms with Crippen molar-refractivity contribution in [2.45, 2.75) is 26.4 Å². The van der Waals surface area contributed by atoms with Crippen LogP contribution in [-0.4, -0.2) is 63.2 Å². The summed E-state index contributed by atoms with van der Waals surface area (Å²) >= 11 is 0. The Kier molecular flexibility index (Phi) is 8.75. The maximum Gasteiger partial charge on any atom is 0.244 e. The summed E-state index contributed by atoms with van der Waals surface area (Å²) in [5, 5.41) is 6.34. The van der Waals surface area contributed by atoms with Crippen molar-refractivity contribution in [2.75, 3.05) is 46.4 Å². The standard InChI is InChI=1S/C19H30N4O3/c1-3-20-19(22-14-18(24)23-11-6-7-12-23)21-10-13-26-15-16-8-4-5-9-17(16)25-2/h4-5,8-9H,3,6-7,10-15H2,1-2H3,(H2,20,21,22). The van der Waals surface area contributed by atoms with Gasteiger partial charge in [0, 0.05) is 31.7 Å².